The van der Waals surface area contributed by atoms with Crippen LogP contribution in [0.2, 0.25) is 10.0 Å². The van der Waals surface area contributed by atoms with E-state index in [2.05, 4.69) is 5.32 Å². The summed E-state index contributed by atoms with van der Waals surface area (Å²) in [6, 6.07) is 2.39. The Labute approximate surface area is 120 Å². The minimum atomic E-state index is -1.14. The number of carbonyl (C=O) groups excluding carboxylic acids is 1. The monoisotopic (exact) mass is 304 g/mol. The molecule has 0 spiro atoms. The third-order valence-corrected chi connectivity index (χ3v) is 2.98. The predicted molar refractivity (Wildman–Crippen MR) is 74.9 cm³/mol. The first-order valence-electron chi connectivity index (χ1n) is 5.59. The van der Waals surface area contributed by atoms with E-state index < -0.39 is 5.97 Å². The molecule has 4 N–H and O–H groups in total. The van der Waals surface area contributed by atoms with Crippen molar-refractivity contribution in [1.82, 2.24) is 0 Å². The molecule has 0 saturated carbocycles. The van der Waals surface area contributed by atoms with E-state index in [1.807, 2.05) is 0 Å². The standard InChI is InChI=1S/C12H14Cl2N2O3/c1-6(15)2-3-10(17)16-11-8(13)4-7(12(18)19)5-9(11)14/h4-6H,2-3,15H2,1H3,(H,16,17)(H,18,19). The number of carboxylic acid groups (broad SMARTS) is 1. The van der Waals surface area contributed by atoms with E-state index in [-0.39, 0.29) is 39.7 Å². The Balaban J connectivity index is 2.84. The molecule has 0 aliphatic heterocycles. The number of carbonyl (C=O) groups is 2. The Morgan fingerprint density at radius 3 is 2.32 bits per heavy atom. The molecule has 1 aromatic carbocycles. The zero-order valence-corrected chi connectivity index (χ0v) is 11.8. The molecule has 0 radical (unpaired) electrons. The lowest BCUT2D eigenvalue weighted by Crippen LogP contribution is -2.19. The van der Waals surface area contributed by atoms with Gasteiger partial charge in [-0.2, -0.15) is 0 Å². The third-order valence-electron chi connectivity index (χ3n) is 2.38. The number of hydrogen-bond acceptors (Lipinski definition) is 3. The van der Waals surface area contributed by atoms with Crippen LogP contribution in [-0.4, -0.2) is 23.0 Å². The number of carboxylic acids is 1. The van der Waals surface area contributed by atoms with E-state index in [1.165, 1.54) is 12.1 Å². The zero-order valence-electron chi connectivity index (χ0n) is 10.2. The lowest BCUT2D eigenvalue weighted by Gasteiger charge is -2.11. The number of aromatic carboxylic acids is 1. The van der Waals surface area contributed by atoms with Gasteiger partial charge < -0.3 is 16.2 Å². The fraction of sp³-hybridized carbons (Fsp3) is 0.333. The average molecular weight is 305 g/mol. The molecule has 7 heteroatoms. The Morgan fingerprint density at radius 1 is 1.37 bits per heavy atom. The zero-order chi connectivity index (χ0) is 14.6. The van der Waals surface area contributed by atoms with Crippen molar-refractivity contribution in [1.29, 1.82) is 0 Å². The van der Waals surface area contributed by atoms with Gasteiger partial charge in [0.2, 0.25) is 5.91 Å². The van der Waals surface area contributed by atoms with Gasteiger partial charge in [0.1, 0.15) is 0 Å². The number of rotatable bonds is 5. The molecule has 1 atom stereocenters. The topological polar surface area (TPSA) is 92.4 Å². The smallest absolute Gasteiger partial charge is 0.335 e. The molecule has 0 heterocycles. The van der Waals surface area contributed by atoms with Crippen LogP contribution in [0.15, 0.2) is 12.1 Å². The molecule has 1 amide bonds. The summed E-state index contributed by atoms with van der Waals surface area (Å²) in [6.45, 7) is 1.80. The lowest BCUT2D eigenvalue weighted by atomic mass is 10.1. The van der Waals surface area contributed by atoms with Crippen LogP contribution < -0.4 is 11.1 Å². The highest BCUT2D eigenvalue weighted by Gasteiger charge is 2.14. The van der Waals surface area contributed by atoms with Crippen molar-refractivity contribution >= 4 is 40.8 Å². The summed E-state index contributed by atoms with van der Waals surface area (Å²) in [5.74, 6) is -1.41. The first-order valence-corrected chi connectivity index (χ1v) is 6.34. The van der Waals surface area contributed by atoms with Crippen LogP contribution >= 0.6 is 23.2 Å². The SMILES string of the molecule is CC(N)CCC(=O)Nc1c(Cl)cc(C(=O)O)cc1Cl. The van der Waals surface area contributed by atoms with Crippen molar-refractivity contribution in [2.45, 2.75) is 25.8 Å². The van der Waals surface area contributed by atoms with Crippen LogP contribution in [-0.2, 0) is 4.79 Å². The van der Waals surface area contributed by atoms with Crippen LogP contribution in [0.5, 0.6) is 0 Å². The summed E-state index contributed by atoms with van der Waals surface area (Å²) >= 11 is 11.8. The van der Waals surface area contributed by atoms with Crippen LogP contribution in [0.4, 0.5) is 5.69 Å². The van der Waals surface area contributed by atoms with Crippen molar-refractivity contribution in [2.24, 2.45) is 5.73 Å². The number of hydrogen-bond donors (Lipinski definition) is 3. The largest absolute Gasteiger partial charge is 0.478 e. The normalized spacial score (nSPS) is 12.0. The van der Waals surface area contributed by atoms with Crippen LogP contribution in [0.3, 0.4) is 0 Å². The van der Waals surface area contributed by atoms with Crippen molar-refractivity contribution in [2.75, 3.05) is 5.32 Å². The first-order chi connectivity index (χ1) is 8.81. The van der Waals surface area contributed by atoms with Gasteiger partial charge >= 0.3 is 5.97 Å². The van der Waals surface area contributed by atoms with Crippen molar-refractivity contribution in [3.05, 3.63) is 27.7 Å². The highest BCUT2D eigenvalue weighted by atomic mass is 35.5. The molecule has 0 bridgehead atoms. The highest BCUT2D eigenvalue weighted by Crippen LogP contribution is 2.32. The second kappa shape index (κ2) is 6.75. The second-order valence-corrected chi connectivity index (χ2v) is 5.00. The van der Waals surface area contributed by atoms with Gasteiger partial charge in [0, 0.05) is 12.5 Å². The summed E-state index contributed by atoms with van der Waals surface area (Å²) in [5.41, 5.74) is 5.72. The van der Waals surface area contributed by atoms with E-state index in [0.29, 0.717) is 6.42 Å². The molecule has 104 valence electrons. The van der Waals surface area contributed by atoms with Gasteiger partial charge in [-0.3, -0.25) is 4.79 Å². The van der Waals surface area contributed by atoms with Gasteiger partial charge in [-0.1, -0.05) is 23.2 Å². The highest BCUT2D eigenvalue weighted by molar-refractivity contribution is 6.40. The first kappa shape index (κ1) is 15.8. The second-order valence-electron chi connectivity index (χ2n) is 4.18. The van der Waals surface area contributed by atoms with Crippen molar-refractivity contribution in [3.8, 4) is 0 Å². The van der Waals surface area contributed by atoms with Gasteiger partial charge in [-0.25, -0.2) is 4.79 Å². The minimum Gasteiger partial charge on any atom is -0.478 e. The number of anilines is 1. The van der Waals surface area contributed by atoms with Gasteiger partial charge in [-0.05, 0) is 25.5 Å². The van der Waals surface area contributed by atoms with Gasteiger partial charge in [-0.15, -0.1) is 0 Å². The molecule has 1 unspecified atom stereocenters. The maximum absolute atomic E-state index is 11.6. The molecule has 0 aliphatic rings. The fourth-order valence-electron chi connectivity index (χ4n) is 1.38. The van der Waals surface area contributed by atoms with Crippen molar-refractivity contribution < 1.29 is 14.7 Å². The number of nitrogens with two attached hydrogens (primary N) is 1. The summed E-state index contributed by atoms with van der Waals surface area (Å²) in [7, 11) is 0. The summed E-state index contributed by atoms with van der Waals surface area (Å²) in [5, 5.41) is 11.5. The van der Waals surface area contributed by atoms with Crippen LogP contribution in [0.25, 0.3) is 0 Å². The number of amides is 1. The molecule has 1 aromatic rings. The molecule has 5 nitrogen and oxygen atoms in total. The molecule has 1 rings (SSSR count). The maximum atomic E-state index is 11.6. The predicted octanol–water partition coefficient (Wildman–Crippen LogP) is 2.76. The molecule has 0 aromatic heterocycles. The Bertz CT molecular complexity index is 481. The molecular formula is C12H14Cl2N2O3. The van der Waals surface area contributed by atoms with Gasteiger partial charge in [0.15, 0.2) is 0 Å². The maximum Gasteiger partial charge on any atom is 0.335 e. The van der Waals surface area contributed by atoms with E-state index >= 15 is 0 Å². The summed E-state index contributed by atoms with van der Waals surface area (Å²) in [4.78, 5) is 22.4. The van der Waals surface area contributed by atoms with Gasteiger partial charge in [0.05, 0.1) is 21.3 Å². The Morgan fingerprint density at radius 2 is 1.89 bits per heavy atom. The van der Waals surface area contributed by atoms with Crippen LogP contribution in [0.1, 0.15) is 30.1 Å². The van der Waals surface area contributed by atoms with Crippen LogP contribution in [0, 0.1) is 0 Å². The van der Waals surface area contributed by atoms with Gasteiger partial charge in [0.25, 0.3) is 0 Å². The average Bonchev–Trinajstić information content (AvgIpc) is 2.30. The van der Waals surface area contributed by atoms with E-state index in [4.69, 9.17) is 34.0 Å². The third kappa shape index (κ3) is 4.70. The van der Waals surface area contributed by atoms with Crippen molar-refractivity contribution in [3.63, 3.8) is 0 Å². The van der Waals surface area contributed by atoms with E-state index in [9.17, 15) is 9.59 Å². The molecular weight excluding hydrogens is 291 g/mol. The Hall–Kier alpha value is -1.30. The molecule has 0 fully saturated rings. The number of benzene rings is 1. The fourth-order valence-corrected chi connectivity index (χ4v) is 1.96. The molecule has 0 saturated heterocycles. The number of halogens is 2. The quantitative estimate of drug-likeness (QED) is 0.780. The minimum absolute atomic E-state index is 0.0384. The summed E-state index contributed by atoms with van der Waals surface area (Å²) < 4.78 is 0. The van der Waals surface area contributed by atoms with E-state index in [1.54, 1.807) is 6.92 Å². The number of nitrogens with one attached hydrogen (secondary N) is 1. The van der Waals surface area contributed by atoms with E-state index in [0.717, 1.165) is 0 Å². The Kier molecular flexibility index (Phi) is 5.60. The lowest BCUT2D eigenvalue weighted by molar-refractivity contribution is -0.116. The molecule has 0 aliphatic carbocycles. The summed E-state index contributed by atoms with van der Waals surface area (Å²) in [6.07, 6.45) is 0.777. The molecule has 19 heavy (non-hydrogen) atoms.